The minimum atomic E-state index is -1.66. The van der Waals surface area contributed by atoms with Crippen molar-refractivity contribution in [1.29, 1.82) is 0 Å². The standard InChI is InChI=1S/C32H44O15/c1-16(9-10-42-21-12-19-18(11-20(21)41-3)7-8-24(34)45-19)5-4-6-17(2)14-43-31-30(40)28(38)26(36)23(47-31)15-44-32-29(39)27(37)25(35)22(13-33)46-32/h6-9,11-12,22-23,25-33,35-40H,4-5,10,13-15H2,1-3H3/b16-9+,17-6-/t22-,23+,25-,26+,27+,28-,29-,30-,31-,32-/m1/s1. The number of aliphatic hydroxyl groups is 7. The Morgan fingerprint density at radius 2 is 1.47 bits per heavy atom. The van der Waals surface area contributed by atoms with Crippen molar-refractivity contribution in [3.8, 4) is 11.5 Å². The molecule has 0 amide bonds. The zero-order valence-electron chi connectivity index (χ0n) is 26.4. The predicted molar refractivity (Wildman–Crippen MR) is 164 cm³/mol. The van der Waals surface area contributed by atoms with E-state index in [2.05, 4.69) is 0 Å². The Balaban J connectivity index is 1.23. The molecule has 2 aromatic rings. The van der Waals surface area contributed by atoms with Gasteiger partial charge in [0.25, 0.3) is 0 Å². The number of fused-ring (bicyclic) bond motifs is 1. The van der Waals surface area contributed by atoms with Gasteiger partial charge in [-0.15, -0.1) is 0 Å². The molecule has 0 saturated carbocycles. The van der Waals surface area contributed by atoms with E-state index < -0.39 is 80.3 Å². The van der Waals surface area contributed by atoms with E-state index in [0.29, 0.717) is 28.9 Å². The summed E-state index contributed by atoms with van der Waals surface area (Å²) in [6.45, 7) is 3.02. The summed E-state index contributed by atoms with van der Waals surface area (Å²) in [7, 11) is 1.53. The molecule has 0 unspecified atom stereocenters. The minimum Gasteiger partial charge on any atom is -0.493 e. The first-order valence-corrected chi connectivity index (χ1v) is 15.2. The van der Waals surface area contributed by atoms with Crippen molar-refractivity contribution in [3.63, 3.8) is 0 Å². The second-order valence-electron chi connectivity index (χ2n) is 11.6. The zero-order chi connectivity index (χ0) is 34.2. The maximum absolute atomic E-state index is 11.6. The number of methoxy groups -OCH3 is 1. The van der Waals surface area contributed by atoms with Crippen molar-refractivity contribution in [2.45, 2.75) is 88.1 Å². The van der Waals surface area contributed by atoms with Gasteiger partial charge in [-0.2, -0.15) is 0 Å². The summed E-state index contributed by atoms with van der Waals surface area (Å²) < 4.78 is 38.5. The minimum absolute atomic E-state index is 0.0502. The zero-order valence-corrected chi connectivity index (χ0v) is 26.4. The molecule has 262 valence electrons. The molecule has 7 N–H and O–H groups in total. The Hall–Kier alpha value is -2.93. The molecule has 47 heavy (non-hydrogen) atoms. The summed E-state index contributed by atoms with van der Waals surface area (Å²) in [4.78, 5) is 11.6. The molecular formula is C32H44O15. The van der Waals surface area contributed by atoms with Gasteiger partial charge in [0.1, 0.15) is 61.0 Å². The Bertz CT molecular complexity index is 1420. The number of ether oxygens (including phenoxy) is 6. The Morgan fingerprint density at radius 1 is 0.809 bits per heavy atom. The first-order chi connectivity index (χ1) is 22.4. The van der Waals surface area contributed by atoms with Crippen LogP contribution in [0, 0.1) is 0 Å². The van der Waals surface area contributed by atoms with Gasteiger partial charge in [-0.3, -0.25) is 0 Å². The van der Waals surface area contributed by atoms with Crippen molar-refractivity contribution in [2.24, 2.45) is 0 Å². The van der Waals surface area contributed by atoms with Crippen LogP contribution < -0.4 is 15.1 Å². The van der Waals surface area contributed by atoms with E-state index in [4.69, 9.17) is 32.8 Å². The maximum atomic E-state index is 11.6. The lowest BCUT2D eigenvalue weighted by molar-refractivity contribution is -0.330. The molecule has 10 atom stereocenters. The molecule has 1 aromatic heterocycles. The molecular weight excluding hydrogens is 624 g/mol. The molecule has 2 saturated heterocycles. The van der Waals surface area contributed by atoms with Crippen molar-refractivity contribution < 1.29 is 68.6 Å². The Kier molecular flexibility index (Phi) is 13.3. The highest BCUT2D eigenvalue weighted by Crippen LogP contribution is 2.32. The third kappa shape index (κ3) is 9.37. The lowest BCUT2D eigenvalue weighted by Gasteiger charge is -2.42. The third-order valence-corrected chi connectivity index (χ3v) is 8.02. The van der Waals surface area contributed by atoms with E-state index in [9.17, 15) is 40.5 Å². The van der Waals surface area contributed by atoms with E-state index in [1.54, 1.807) is 18.2 Å². The number of rotatable bonds is 14. The van der Waals surface area contributed by atoms with Crippen LogP contribution in [0.2, 0.25) is 0 Å². The van der Waals surface area contributed by atoms with E-state index in [1.807, 2.05) is 26.0 Å². The van der Waals surface area contributed by atoms with Crippen molar-refractivity contribution in [3.05, 3.63) is 58.0 Å². The molecule has 0 radical (unpaired) electrons. The maximum Gasteiger partial charge on any atom is 0.336 e. The molecule has 15 heteroatoms. The molecule has 1 aromatic carbocycles. The summed E-state index contributed by atoms with van der Waals surface area (Å²) in [5.74, 6) is 0.955. The number of aliphatic hydroxyl groups excluding tert-OH is 7. The average Bonchev–Trinajstić information content (AvgIpc) is 3.05. The molecule has 2 aliphatic rings. The van der Waals surface area contributed by atoms with E-state index in [0.717, 1.165) is 17.6 Å². The van der Waals surface area contributed by atoms with Gasteiger partial charge in [-0.05, 0) is 44.9 Å². The van der Waals surface area contributed by atoms with Crippen LogP contribution in [0.25, 0.3) is 11.0 Å². The first kappa shape index (κ1) is 36.9. The first-order valence-electron chi connectivity index (χ1n) is 15.2. The lowest BCUT2D eigenvalue weighted by atomic mass is 9.98. The van der Waals surface area contributed by atoms with Crippen LogP contribution in [0.5, 0.6) is 11.5 Å². The molecule has 2 fully saturated rings. The van der Waals surface area contributed by atoms with Crippen molar-refractivity contribution >= 4 is 11.0 Å². The molecule has 3 heterocycles. The van der Waals surface area contributed by atoms with E-state index in [1.165, 1.54) is 13.2 Å². The molecule has 0 bridgehead atoms. The number of hydrogen-bond donors (Lipinski definition) is 7. The van der Waals surface area contributed by atoms with Crippen molar-refractivity contribution in [1.82, 2.24) is 0 Å². The monoisotopic (exact) mass is 668 g/mol. The third-order valence-electron chi connectivity index (χ3n) is 8.02. The summed E-state index contributed by atoms with van der Waals surface area (Å²) in [6, 6.07) is 6.34. The van der Waals surface area contributed by atoms with Gasteiger partial charge in [0.2, 0.25) is 0 Å². The van der Waals surface area contributed by atoms with Gasteiger partial charge in [0.15, 0.2) is 24.1 Å². The van der Waals surface area contributed by atoms with Crippen LogP contribution in [-0.4, -0.2) is 131 Å². The molecule has 0 spiro atoms. The van der Waals surface area contributed by atoms with Gasteiger partial charge < -0.3 is 68.6 Å². The second-order valence-corrected chi connectivity index (χ2v) is 11.6. The Morgan fingerprint density at radius 3 is 2.15 bits per heavy atom. The smallest absolute Gasteiger partial charge is 0.336 e. The van der Waals surface area contributed by atoms with Gasteiger partial charge in [-0.1, -0.05) is 17.2 Å². The van der Waals surface area contributed by atoms with Crippen LogP contribution in [0.3, 0.4) is 0 Å². The number of hydrogen-bond acceptors (Lipinski definition) is 15. The van der Waals surface area contributed by atoms with Crippen molar-refractivity contribution in [2.75, 3.05) is 33.5 Å². The quantitative estimate of drug-likeness (QED) is 0.0994. The van der Waals surface area contributed by atoms with E-state index in [-0.39, 0.29) is 13.2 Å². The second kappa shape index (κ2) is 16.9. The number of benzene rings is 1. The summed E-state index contributed by atoms with van der Waals surface area (Å²) in [5.41, 5.74) is 1.82. The van der Waals surface area contributed by atoms with Gasteiger partial charge in [0, 0.05) is 17.5 Å². The fraction of sp³-hybridized carbons (Fsp3) is 0.594. The normalized spacial score (nSPS) is 32.0. The fourth-order valence-electron chi connectivity index (χ4n) is 5.13. The summed E-state index contributed by atoms with van der Waals surface area (Å²) in [6.07, 6.45) is -9.57. The predicted octanol–water partition coefficient (Wildman–Crippen LogP) is -0.506. The van der Waals surface area contributed by atoms with Crippen LogP contribution in [-0.2, 0) is 18.9 Å². The lowest BCUT2D eigenvalue weighted by Crippen LogP contribution is -2.61. The fourth-order valence-corrected chi connectivity index (χ4v) is 5.13. The highest BCUT2D eigenvalue weighted by atomic mass is 16.7. The van der Waals surface area contributed by atoms with Crippen LogP contribution in [0.15, 0.2) is 56.8 Å². The molecule has 15 nitrogen and oxygen atoms in total. The largest absolute Gasteiger partial charge is 0.493 e. The Labute approximate surface area is 270 Å². The van der Waals surface area contributed by atoms with Crippen LogP contribution in [0.4, 0.5) is 0 Å². The van der Waals surface area contributed by atoms with Crippen LogP contribution >= 0.6 is 0 Å². The highest BCUT2D eigenvalue weighted by molar-refractivity contribution is 5.80. The van der Waals surface area contributed by atoms with E-state index >= 15 is 0 Å². The molecule has 4 rings (SSSR count). The topological polar surface area (TPSA) is 227 Å². The van der Waals surface area contributed by atoms with Gasteiger partial charge >= 0.3 is 5.63 Å². The SMILES string of the molecule is COc1cc2ccc(=O)oc2cc1OC/C=C(\C)CC/C=C(/C)CO[C@@H]1O[C@@H](CO[C@@H]2O[C@H](CO)[C@@H](O)[C@H](O)[C@H]2O)[C@H](O)[C@@H](O)[C@H]1O. The average molecular weight is 669 g/mol. The summed E-state index contributed by atoms with van der Waals surface area (Å²) in [5, 5.41) is 71.3. The highest BCUT2D eigenvalue weighted by Gasteiger charge is 2.47. The van der Waals surface area contributed by atoms with Crippen LogP contribution in [0.1, 0.15) is 26.7 Å². The summed E-state index contributed by atoms with van der Waals surface area (Å²) >= 11 is 0. The number of allylic oxidation sites excluding steroid dienone is 2. The molecule has 2 aliphatic heterocycles. The van der Waals surface area contributed by atoms with Gasteiger partial charge in [0.05, 0.1) is 26.9 Å². The molecule has 0 aliphatic carbocycles. The van der Waals surface area contributed by atoms with Gasteiger partial charge in [-0.25, -0.2) is 4.79 Å².